The number of carbonyl (C=O) groups is 1. The molecule has 4 aliphatic rings. The van der Waals surface area contributed by atoms with E-state index in [0.717, 1.165) is 29.5 Å². The van der Waals surface area contributed by atoms with E-state index >= 15 is 8.78 Å². The van der Waals surface area contributed by atoms with E-state index in [1.165, 1.54) is 0 Å². The zero-order valence-corrected chi connectivity index (χ0v) is 18.8. The van der Waals surface area contributed by atoms with E-state index in [9.17, 15) is 4.79 Å². The summed E-state index contributed by atoms with van der Waals surface area (Å²) in [4.78, 5) is 14.3. The first kappa shape index (κ1) is 22.1. The number of nitrogens with one attached hydrogen (secondary N) is 4. The van der Waals surface area contributed by atoms with Crippen LogP contribution in [0.25, 0.3) is 11.1 Å². The van der Waals surface area contributed by atoms with Gasteiger partial charge in [0.15, 0.2) is 0 Å². The Morgan fingerprint density at radius 1 is 0.971 bits per heavy atom. The first-order chi connectivity index (χ1) is 16.5. The first-order valence-electron chi connectivity index (χ1n) is 12.0. The second-order valence-corrected chi connectivity index (χ2v) is 9.76. The Balaban J connectivity index is 1.15. The maximum Gasteiger partial charge on any atom is 0.262 e. The fourth-order valence-electron chi connectivity index (χ4n) is 5.95. The van der Waals surface area contributed by atoms with Gasteiger partial charge in [0.25, 0.3) is 11.8 Å². The van der Waals surface area contributed by atoms with E-state index in [2.05, 4.69) is 28.0 Å². The average Bonchev–Trinajstić information content (AvgIpc) is 3.42. The zero-order valence-electron chi connectivity index (χ0n) is 18.8. The minimum Gasteiger partial charge on any atom is -0.368 e. The summed E-state index contributed by atoms with van der Waals surface area (Å²) < 4.78 is 35.8. The van der Waals surface area contributed by atoms with E-state index in [1.54, 1.807) is 4.90 Å². The molecule has 4 N–H and O–H groups in total. The molecule has 6 rings (SSSR count). The number of rotatable bonds is 4. The number of carbonyl (C=O) groups excluding carboxylic acids is 1. The molecule has 2 aromatic carbocycles. The number of piperidine rings is 1. The quantitative estimate of drug-likeness (QED) is 0.552. The lowest BCUT2D eigenvalue weighted by atomic mass is 9.87. The highest BCUT2D eigenvalue weighted by atomic mass is 19.3. The number of hydrazine groups is 3. The molecule has 34 heavy (non-hydrogen) atoms. The van der Waals surface area contributed by atoms with E-state index in [-0.39, 0.29) is 18.2 Å². The van der Waals surface area contributed by atoms with E-state index < -0.39 is 17.3 Å². The van der Waals surface area contributed by atoms with Gasteiger partial charge >= 0.3 is 0 Å². The number of halogens is 2. The summed E-state index contributed by atoms with van der Waals surface area (Å²) in [5.74, 6) is -3.56. The molecule has 0 aromatic heterocycles. The first-order valence-corrected chi connectivity index (χ1v) is 12.0. The second kappa shape index (κ2) is 8.35. The topological polar surface area (TPSA) is 77.7 Å². The largest absolute Gasteiger partial charge is 0.368 e. The van der Waals surface area contributed by atoms with Gasteiger partial charge in [-0.2, -0.15) is 11.1 Å². The van der Waals surface area contributed by atoms with Crippen LogP contribution in [-0.2, 0) is 9.53 Å². The highest BCUT2D eigenvalue weighted by molar-refractivity contribution is 5.81. The van der Waals surface area contributed by atoms with Crippen molar-refractivity contribution < 1.29 is 18.3 Å². The third-order valence-electron chi connectivity index (χ3n) is 7.96. The Bertz CT molecular complexity index is 1060. The molecule has 1 amide bonds. The summed E-state index contributed by atoms with van der Waals surface area (Å²) >= 11 is 0. The molecular weight excluding hydrogens is 440 g/mol. The molecule has 3 heterocycles. The van der Waals surface area contributed by atoms with Crippen LogP contribution in [0.2, 0.25) is 0 Å². The number of benzene rings is 2. The Kier molecular flexibility index (Phi) is 5.42. The molecule has 1 aliphatic carbocycles. The molecule has 7 nitrogen and oxygen atoms in total. The van der Waals surface area contributed by atoms with Crippen molar-refractivity contribution in [2.24, 2.45) is 5.41 Å². The molecule has 2 atom stereocenters. The van der Waals surface area contributed by atoms with Crippen molar-refractivity contribution in [3.63, 3.8) is 0 Å². The van der Waals surface area contributed by atoms with Crippen LogP contribution in [0.15, 0.2) is 48.5 Å². The van der Waals surface area contributed by atoms with E-state index in [0.29, 0.717) is 38.1 Å². The summed E-state index contributed by atoms with van der Waals surface area (Å²) in [5.41, 5.74) is 14.4. The molecule has 3 aliphatic heterocycles. The van der Waals surface area contributed by atoms with Crippen molar-refractivity contribution in [1.29, 1.82) is 0 Å². The Morgan fingerprint density at radius 2 is 1.71 bits per heavy atom. The van der Waals surface area contributed by atoms with Crippen molar-refractivity contribution >= 4 is 5.91 Å². The van der Waals surface area contributed by atoms with Gasteiger partial charge in [-0.1, -0.05) is 42.5 Å². The normalized spacial score (nSPS) is 27.9. The average molecular weight is 470 g/mol. The van der Waals surface area contributed by atoms with E-state index in [4.69, 9.17) is 4.74 Å². The van der Waals surface area contributed by atoms with Crippen LogP contribution in [0.4, 0.5) is 8.78 Å². The molecule has 1 saturated carbocycles. The van der Waals surface area contributed by atoms with Crippen molar-refractivity contribution in [2.75, 3.05) is 19.7 Å². The number of hydrogen-bond donors (Lipinski definition) is 4. The van der Waals surface area contributed by atoms with Gasteiger partial charge in [0.2, 0.25) is 0 Å². The molecule has 1 spiro atoms. The predicted molar refractivity (Wildman–Crippen MR) is 122 cm³/mol. The highest BCUT2D eigenvalue weighted by Crippen LogP contribution is 2.75. The summed E-state index contributed by atoms with van der Waals surface area (Å²) in [6.45, 7) is 1.36. The Morgan fingerprint density at radius 3 is 2.38 bits per heavy atom. The van der Waals surface area contributed by atoms with Crippen LogP contribution in [-0.4, -0.2) is 42.5 Å². The van der Waals surface area contributed by atoms with Gasteiger partial charge in [0.1, 0.15) is 12.3 Å². The molecule has 0 bridgehead atoms. The van der Waals surface area contributed by atoms with Gasteiger partial charge in [0, 0.05) is 19.7 Å². The molecule has 9 heteroatoms. The summed E-state index contributed by atoms with van der Waals surface area (Å²) in [5, 5.41) is 0. The highest BCUT2D eigenvalue weighted by Gasteiger charge is 2.80. The van der Waals surface area contributed by atoms with Crippen molar-refractivity contribution in [1.82, 2.24) is 26.8 Å². The minimum absolute atomic E-state index is 0.0333. The predicted octanol–water partition coefficient (Wildman–Crippen LogP) is 2.99. The molecule has 0 unspecified atom stereocenters. The third kappa shape index (κ3) is 3.54. The molecular formula is C25H29F2N5O2. The monoisotopic (exact) mass is 469 g/mol. The SMILES string of the molecule is O=C([C@H]1CCCO1)N1CCC2(CC1)[C@H](c1ccc(-c3cccc(C4NNNN4)c3)cc1)C2(F)F. The van der Waals surface area contributed by atoms with Crippen LogP contribution in [0, 0.1) is 5.41 Å². The lowest BCUT2D eigenvalue weighted by Crippen LogP contribution is -2.45. The number of alkyl halides is 2. The fraction of sp³-hybridized carbons (Fsp3) is 0.480. The number of hydrogen-bond acceptors (Lipinski definition) is 6. The van der Waals surface area contributed by atoms with Crippen molar-refractivity contribution in [3.05, 3.63) is 59.7 Å². The van der Waals surface area contributed by atoms with Gasteiger partial charge in [0.05, 0.1) is 11.3 Å². The lowest BCUT2D eigenvalue weighted by Gasteiger charge is -2.34. The smallest absolute Gasteiger partial charge is 0.262 e. The van der Waals surface area contributed by atoms with Crippen LogP contribution in [0.5, 0.6) is 0 Å². The molecule has 4 fully saturated rings. The van der Waals surface area contributed by atoms with Gasteiger partial charge in [-0.25, -0.2) is 19.6 Å². The van der Waals surface area contributed by atoms with Crippen LogP contribution in [0.1, 0.15) is 48.9 Å². The molecule has 3 saturated heterocycles. The van der Waals surface area contributed by atoms with Crippen molar-refractivity contribution in [3.8, 4) is 11.1 Å². The summed E-state index contributed by atoms with van der Waals surface area (Å²) in [6.07, 6.45) is 1.82. The van der Waals surface area contributed by atoms with Gasteiger partial charge in [-0.3, -0.25) is 4.79 Å². The maximum absolute atomic E-state index is 15.1. The second-order valence-electron chi connectivity index (χ2n) is 9.76. The van der Waals surface area contributed by atoms with Crippen LogP contribution >= 0.6 is 0 Å². The number of likely N-dealkylation sites (tertiary alicyclic amines) is 1. The fourth-order valence-corrected chi connectivity index (χ4v) is 5.95. The minimum atomic E-state index is -2.74. The Labute approximate surface area is 197 Å². The van der Waals surface area contributed by atoms with Crippen molar-refractivity contribution in [2.45, 2.75) is 49.8 Å². The summed E-state index contributed by atoms with van der Waals surface area (Å²) in [7, 11) is 0. The lowest BCUT2D eigenvalue weighted by molar-refractivity contribution is -0.143. The van der Waals surface area contributed by atoms with Crippen LogP contribution in [0.3, 0.4) is 0 Å². The van der Waals surface area contributed by atoms with Gasteiger partial charge < -0.3 is 9.64 Å². The molecule has 0 radical (unpaired) electrons. The van der Waals surface area contributed by atoms with E-state index in [1.807, 2.05) is 42.5 Å². The number of nitrogens with zero attached hydrogens (tertiary/aromatic N) is 1. The maximum atomic E-state index is 15.1. The van der Waals surface area contributed by atoms with Crippen LogP contribution < -0.4 is 21.9 Å². The van der Waals surface area contributed by atoms with Gasteiger partial charge in [-0.15, -0.1) is 0 Å². The molecule has 180 valence electrons. The number of ether oxygens (including phenoxy) is 1. The number of amides is 1. The summed E-state index contributed by atoms with van der Waals surface area (Å²) in [6, 6.07) is 15.6. The zero-order chi connectivity index (χ0) is 23.3. The molecule has 2 aromatic rings. The third-order valence-corrected chi connectivity index (χ3v) is 7.96. The standard InChI is InChI=1S/C25H29F2N5O2/c26-25(27)21(24(25)10-12-32(13-11-24)23(33)20-5-2-14-34-20)17-8-6-16(7-9-17)18-3-1-4-19(15-18)22-28-30-31-29-22/h1,3-4,6-9,15,20-22,28-31H,2,5,10-14H2/t20-,21+/m1/s1. The van der Waals surface area contributed by atoms with Gasteiger partial charge in [-0.05, 0) is 54.0 Å². The Hall–Kier alpha value is -2.43.